The van der Waals surface area contributed by atoms with Gasteiger partial charge in [0.2, 0.25) is 0 Å². The first-order valence-electron chi connectivity index (χ1n) is 8.97. The Morgan fingerprint density at radius 2 is 2.03 bits per heavy atom. The third kappa shape index (κ3) is 5.94. The van der Waals surface area contributed by atoms with E-state index in [0.29, 0.717) is 28.2 Å². The van der Waals surface area contributed by atoms with Crippen molar-refractivity contribution in [1.82, 2.24) is 20.7 Å². The molecule has 0 unspecified atom stereocenters. The standard InChI is InChI=1S/C19H27N7OS2/c1-12-10-16(14(3)26(12)11-15-8-7-9-27-15)17(23-24-18(28)20-4)13(2)22-25-19(21-5)29-6/h7-10H,11H2,1-6H3,(H,21,25)(H2,20,24,28)/b22-13+,23-17-. The summed E-state index contributed by atoms with van der Waals surface area (Å²) in [6.07, 6.45) is 3.62. The number of aliphatic imine (C=N–C) groups is 1. The molecule has 29 heavy (non-hydrogen) atoms. The third-order valence-electron chi connectivity index (χ3n) is 4.28. The normalized spacial score (nSPS) is 12.8. The molecule has 0 atom stereocenters. The SMILES string of the molecule is CN=C(N/N=C(C)/C(=N/NC(=S)NC)c1cc(C)n(Cc2ccco2)c1C)SC. The molecule has 0 spiro atoms. The summed E-state index contributed by atoms with van der Waals surface area (Å²) in [5.41, 5.74) is 10.3. The van der Waals surface area contributed by atoms with Crippen molar-refractivity contribution in [1.29, 1.82) is 0 Å². The van der Waals surface area contributed by atoms with Gasteiger partial charge in [0.05, 0.1) is 18.5 Å². The summed E-state index contributed by atoms with van der Waals surface area (Å²) in [4.78, 5) is 4.14. The number of hydrogen-bond acceptors (Lipinski definition) is 6. The van der Waals surface area contributed by atoms with Crippen LogP contribution in [0, 0.1) is 13.8 Å². The van der Waals surface area contributed by atoms with Crippen molar-refractivity contribution in [2.45, 2.75) is 27.3 Å². The predicted molar refractivity (Wildman–Crippen MR) is 126 cm³/mol. The fraction of sp³-hybridized carbons (Fsp3) is 0.368. The average Bonchev–Trinajstić information content (AvgIpc) is 3.33. The zero-order chi connectivity index (χ0) is 21.4. The van der Waals surface area contributed by atoms with Crippen LogP contribution in [0.5, 0.6) is 0 Å². The molecule has 0 saturated carbocycles. The number of hydrazone groups is 2. The Labute approximate surface area is 180 Å². The van der Waals surface area contributed by atoms with Gasteiger partial charge in [-0.3, -0.25) is 15.8 Å². The lowest BCUT2D eigenvalue weighted by Crippen LogP contribution is -2.31. The van der Waals surface area contributed by atoms with Crippen LogP contribution in [-0.2, 0) is 6.54 Å². The topological polar surface area (TPSA) is 91.2 Å². The number of nitrogens with zero attached hydrogens (tertiary/aromatic N) is 4. The van der Waals surface area contributed by atoms with Crippen LogP contribution in [0.1, 0.15) is 29.6 Å². The zero-order valence-electron chi connectivity index (χ0n) is 17.5. The number of amidine groups is 1. The Balaban J connectivity index is 2.43. The van der Waals surface area contributed by atoms with E-state index in [0.717, 1.165) is 22.7 Å². The minimum atomic E-state index is 0.424. The van der Waals surface area contributed by atoms with E-state index in [1.54, 1.807) is 20.4 Å². The van der Waals surface area contributed by atoms with Crippen molar-refractivity contribution >= 4 is 45.7 Å². The summed E-state index contributed by atoms with van der Waals surface area (Å²) in [5.74, 6) is 0.891. The summed E-state index contributed by atoms with van der Waals surface area (Å²) < 4.78 is 7.69. The molecule has 0 bridgehead atoms. The summed E-state index contributed by atoms with van der Waals surface area (Å²) >= 11 is 6.65. The van der Waals surface area contributed by atoms with E-state index in [2.05, 4.69) is 55.8 Å². The van der Waals surface area contributed by atoms with Gasteiger partial charge in [-0.1, -0.05) is 11.8 Å². The van der Waals surface area contributed by atoms with Crippen LogP contribution >= 0.6 is 24.0 Å². The van der Waals surface area contributed by atoms with E-state index in [4.69, 9.17) is 16.6 Å². The van der Waals surface area contributed by atoms with Crippen LogP contribution < -0.4 is 16.2 Å². The molecule has 10 heteroatoms. The largest absolute Gasteiger partial charge is 0.467 e. The molecule has 0 amide bonds. The van der Waals surface area contributed by atoms with Gasteiger partial charge in [0.1, 0.15) is 11.5 Å². The molecule has 0 radical (unpaired) electrons. The molecule has 0 aromatic carbocycles. The van der Waals surface area contributed by atoms with E-state index in [1.165, 1.54) is 11.8 Å². The second kappa shape index (κ2) is 10.8. The Hall–Kier alpha value is -2.59. The number of hydrogen-bond donors (Lipinski definition) is 3. The highest BCUT2D eigenvalue weighted by Gasteiger charge is 2.18. The summed E-state index contributed by atoms with van der Waals surface area (Å²) in [6.45, 7) is 6.65. The van der Waals surface area contributed by atoms with Crippen molar-refractivity contribution < 1.29 is 4.42 Å². The van der Waals surface area contributed by atoms with Crippen molar-refractivity contribution in [2.75, 3.05) is 20.4 Å². The molecule has 2 heterocycles. The first-order chi connectivity index (χ1) is 13.9. The molecule has 2 rings (SSSR count). The van der Waals surface area contributed by atoms with Gasteiger partial charge < -0.3 is 14.3 Å². The third-order valence-corrected chi connectivity index (χ3v) is 5.23. The molecule has 0 saturated heterocycles. The van der Waals surface area contributed by atoms with E-state index in [9.17, 15) is 0 Å². The van der Waals surface area contributed by atoms with E-state index in [1.807, 2.05) is 25.3 Å². The second-order valence-corrected chi connectivity index (χ2v) is 7.35. The smallest absolute Gasteiger partial charge is 0.186 e. The highest BCUT2D eigenvalue weighted by molar-refractivity contribution is 8.13. The van der Waals surface area contributed by atoms with Crippen LogP contribution in [-0.4, -0.2) is 46.6 Å². The average molecular weight is 434 g/mol. The van der Waals surface area contributed by atoms with Crippen molar-refractivity contribution in [2.24, 2.45) is 15.2 Å². The zero-order valence-corrected chi connectivity index (χ0v) is 19.2. The first-order valence-corrected chi connectivity index (χ1v) is 10.6. The van der Waals surface area contributed by atoms with Crippen LogP contribution in [0.2, 0.25) is 0 Å². The van der Waals surface area contributed by atoms with Crippen molar-refractivity contribution in [3.63, 3.8) is 0 Å². The molecule has 2 aromatic heterocycles. The van der Waals surface area contributed by atoms with Gasteiger partial charge in [-0.2, -0.15) is 10.2 Å². The summed E-state index contributed by atoms with van der Waals surface area (Å²) in [7, 11) is 3.46. The van der Waals surface area contributed by atoms with Gasteiger partial charge in [-0.15, -0.1) is 0 Å². The maximum atomic E-state index is 5.51. The monoisotopic (exact) mass is 433 g/mol. The number of thiocarbonyl (C=S) groups is 1. The van der Waals surface area contributed by atoms with Gasteiger partial charge in [0.15, 0.2) is 10.3 Å². The fourth-order valence-electron chi connectivity index (χ4n) is 2.71. The van der Waals surface area contributed by atoms with Gasteiger partial charge in [-0.05, 0) is 57.4 Å². The molecule has 0 fully saturated rings. The molecule has 8 nitrogen and oxygen atoms in total. The second-order valence-electron chi connectivity index (χ2n) is 6.14. The fourth-order valence-corrected chi connectivity index (χ4v) is 3.08. The molecular formula is C19H27N7OS2. The van der Waals surface area contributed by atoms with Gasteiger partial charge in [0, 0.05) is 31.0 Å². The van der Waals surface area contributed by atoms with Crippen LogP contribution in [0.25, 0.3) is 0 Å². The van der Waals surface area contributed by atoms with Crippen LogP contribution in [0.3, 0.4) is 0 Å². The van der Waals surface area contributed by atoms with Gasteiger partial charge in [0.25, 0.3) is 0 Å². The molecule has 2 aromatic rings. The number of aromatic nitrogens is 1. The Morgan fingerprint density at radius 3 is 2.62 bits per heavy atom. The van der Waals surface area contributed by atoms with Gasteiger partial charge in [-0.25, -0.2) is 0 Å². The molecule has 0 aliphatic carbocycles. The van der Waals surface area contributed by atoms with Crippen molar-refractivity contribution in [3.8, 4) is 0 Å². The minimum absolute atomic E-state index is 0.424. The van der Waals surface area contributed by atoms with Crippen LogP contribution in [0.15, 0.2) is 44.1 Å². The Kier molecular flexibility index (Phi) is 8.47. The Bertz CT molecular complexity index is 927. The quantitative estimate of drug-likeness (QED) is 0.281. The number of furan rings is 1. The maximum Gasteiger partial charge on any atom is 0.186 e. The lowest BCUT2D eigenvalue weighted by Gasteiger charge is -2.11. The van der Waals surface area contributed by atoms with E-state index >= 15 is 0 Å². The predicted octanol–water partition coefficient (Wildman–Crippen LogP) is 2.86. The first kappa shape index (κ1) is 22.7. The molecule has 0 aliphatic rings. The van der Waals surface area contributed by atoms with E-state index < -0.39 is 0 Å². The maximum absolute atomic E-state index is 5.51. The van der Waals surface area contributed by atoms with Crippen molar-refractivity contribution in [3.05, 3.63) is 47.2 Å². The summed E-state index contributed by atoms with van der Waals surface area (Å²) in [6, 6.07) is 5.94. The molecule has 0 aliphatic heterocycles. The molecule has 156 valence electrons. The molecule has 3 N–H and O–H groups in total. The van der Waals surface area contributed by atoms with E-state index in [-0.39, 0.29) is 0 Å². The Morgan fingerprint density at radius 1 is 1.28 bits per heavy atom. The van der Waals surface area contributed by atoms with Gasteiger partial charge >= 0.3 is 0 Å². The molecular weight excluding hydrogens is 406 g/mol. The lowest BCUT2D eigenvalue weighted by molar-refractivity contribution is 0.489. The highest BCUT2D eigenvalue weighted by atomic mass is 32.2. The summed E-state index contributed by atoms with van der Waals surface area (Å²) in [5, 5.41) is 13.0. The lowest BCUT2D eigenvalue weighted by atomic mass is 10.1. The number of aryl methyl sites for hydroxylation is 1. The highest BCUT2D eigenvalue weighted by Crippen LogP contribution is 2.19. The number of thioether (sulfide) groups is 1. The van der Waals surface area contributed by atoms with Crippen LogP contribution in [0.4, 0.5) is 0 Å². The minimum Gasteiger partial charge on any atom is -0.467 e. The number of rotatable bonds is 6. The number of nitrogens with one attached hydrogen (secondary N) is 3.